The third kappa shape index (κ3) is 3.73. The predicted molar refractivity (Wildman–Crippen MR) is 85.9 cm³/mol. The minimum absolute atomic E-state index is 0.157. The lowest BCUT2D eigenvalue weighted by Gasteiger charge is -2.13. The third-order valence-electron chi connectivity index (χ3n) is 3.10. The molecule has 0 radical (unpaired) electrons. The summed E-state index contributed by atoms with van der Waals surface area (Å²) in [6.45, 7) is 4.68. The smallest absolute Gasteiger partial charge is 0.310 e. The van der Waals surface area contributed by atoms with E-state index in [-0.39, 0.29) is 11.9 Å². The highest BCUT2D eigenvalue weighted by Gasteiger charge is 2.13. The molecule has 0 fully saturated rings. The maximum atomic E-state index is 11.5. The lowest BCUT2D eigenvalue weighted by atomic mass is 10.1. The maximum absolute atomic E-state index is 11.5. The van der Waals surface area contributed by atoms with Gasteiger partial charge in [-0.1, -0.05) is 35.0 Å². The Morgan fingerprint density at radius 1 is 1.25 bits per heavy atom. The van der Waals surface area contributed by atoms with Crippen LogP contribution in [0, 0.1) is 5.92 Å². The molecule has 2 aromatic rings. The van der Waals surface area contributed by atoms with E-state index in [9.17, 15) is 4.79 Å². The molecule has 2 rings (SSSR count). The summed E-state index contributed by atoms with van der Waals surface area (Å²) in [6, 6.07) is 12.3. The maximum Gasteiger partial charge on any atom is 0.310 e. The highest BCUT2D eigenvalue weighted by Crippen LogP contribution is 2.23. The number of rotatable bonds is 5. The largest absolute Gasteiger partial charge is 0.466 e. The first kappa shape index (κ1) is 14.9. The molecule has 106 valence electrons. The molecule has 3 nitrogen and oxygen atoms in total. The van der Waals surface area contributed by atoms with Gasteiger partial charge in [-0.3, -0.25) is 4.79 Å². The zero-order valence-corrected chi connectivity index (χ0v) is 13.2. The summed E-state index contributed by atoms with van der Waals surface area (Å²) in [5, 5.41) is 5.63. The topological polar surface area (TPSA) is 38.3 Å². The molecule has 1 atom stereocenters. The fourth-order valence-corrected chi connectivity index (χ4v) is 2.34. The van der Waals surface area contributed by atoms with Crippen LogP contribution in [0.5, 0.6) is 0 Å². The van der Waals surface area contributed by atoms with Crippen molar-refractivity contribution in [1.82, 2.24) is 0 Å². The Kier molecular flexibility index (Phi) is 5.01. The molecular formula is C16H18BrNO2. The van der Waals surface area contributed by atoms with E-state index in [1.165, 1.54) is 10.8 Å². The molecule has 0 saturated carbocycles. The summed E-state index contributed by atoms with van der Waals surface area (Å²) in [5.41, 5.74) is 1.01. The Morgan fingerprint density at radius 2 is 1.95 bits per heavy atom. The van der Waals surface area contributed by atoms with E-state index in [1.807, 2.05) is 26.0 Å². The van der Waals surface area contributed by atoms with Crippen molar-refractivity contribution in [3.8, 4) is 0 Å². The number of esters is 1. The quantitative estimate of drug-likeness (QED) is 0.831. The van der Waals surface area contributed by atoms with Crippen molar-refractivity contribution in [3.63, 3.8) is 0 Å². The van der Waals surface area contributed by atoms with E-state index in [2.05, 4.69) is 45.5 Å². The molecule has 0 aliphatic heterocycles. The van der Waals surface area contributed by atoms with Crippen molar-refractivity contribution >= 4 is 38.4 Å². The van der Waals surface area contributed by atoms with Gasteiger partial charge in [0.25, 0.3) is 0 Å². The normalized spacial score (nSPS) is 12.2. The van der Waals surface area contributed by atoms with Gasteiger partial charge in [0.1, 0.15) is 0 Å². The molecule has 0 aromatic heterocycles. The van der Waals surface area contributed by atoms with E-state index < -0.39 is 0 Å². The number of hydrogen-bond acceptors (Lipinski definition) is 3. The molecule has 0 aliphatic rings. The Morgan fingerprint density at radius 3 is 2.70 bits per heavy atom. The number of ether oxygens (including phenoxy) is 1. The van der Waals surface area contributed by atoms with Crippen molar-refractivity contribution in [2.45, 2.75) is 13.8 Å². The van der Waals surface area contributed by atoms with Gasteiger partial charge in [-0.25, -0.2) is 0 Å². The number of carbonyl (C=O) groups excluding carboxylic acids is 1. The summed E-state index contributed by atoms with van der Waals surface area (Å²) in [7, 11) is 0. The summed E-state index contributed by atoms with van der Waals surface area (Å²) >= 11 is 3.46. The van der Waals surface area contributed by atoms with Crippen LogP contribution in [0.25, 0.3) is 10.8 Å². The van der Waals surface area contributed by atoms with Crippen molar-refractivity contribution in [2.75, 3.05) is 18.5 Å². The zero-order chi connectivity index (χ0) is 14.5. The second-order valence-electron chi connectivity index (χ2n) is 4.74. The van der Waals surface area contributed by atoms with Crippen LogP contribution >= 0.6 is 15.9 Å². The molecule has 20 heavy (non-hydrogen) atoms. The summed E-state index contributed by atoms with van der Waals surface area (Å²) in [5.74, 6) is -0.319. The van der Waals surface area contributed by atoms with Crippen molar-refractivity contribution < 1.29 is 9.53 Å². The van der Waals surface area contributed by atoms with Gasteiger partial charge in [0.05, 0.1) is 12.5 Å². The number of benzene rings is 2. The van der Waals surface area contributed by atoms with Gasteiger partial charge < -0.3 is 10.1 Å². The molecule has 2 aromatic carbocycles. The first-order chi connectivity index (χ1) is 9.60. The average molecular weight is 336 g/mol. The molecule has 0 bridgehead atoms. The lowest BCUT2D eigenvalue weighted by Crippen LogP contribution is -2.22. The fraction of sp³-hybridized carbons (Fsp3) is 0.312. The van der Waals surface area contributed by atoms with E-state index >= 15 is 0 Å². The number of nitrogens with one attached hydrogen (secondary N) is 1. The van der Waals surface area contributed by atoms with Crippen LogP contribution in [0.4, 0.5) is 5.69 Å². The van der Waals surface area contributed by atoms with Gasteiger partial charge in [-0.15, -0.1) is 0 Å². The van der Waals surface area contributed by atoms with Crippen LogP contribution < -0.4 is 5.32 Å². The van der Waals surface area contributed by atoms with Gasteiger partial charge in [-0.2, -0.15) is 0 Å². The number of hydrogen-bond donors (Lipinski definition) is 1. The van der Waals surface area contributed by atoms with Gasteiger partial charge >= 0.3 is 5.97 Å². The van der Waals surface area contributed by atoms with Gasteiger partial charge in [0, 0.05) is 16.7 Å². The highest BCUT2D eigenvalue weighted by atomic mass is 79.9. The molecule has 1 N–H and O–H groups in total. The number of anilines is 1. The molecule has 0 saturated heterocycles. The molecule has 0 amide bonds. The van der Waals surface area contributed by atoms with Gasteiger partial charge in [0.2, 0.25) is 0 Å². The van der Waals surface area contributed by atoms with Crippen LogP contribution in [0.15, 0.2) is 40.9 Å². The highest BCUT2D eigenvalue weighted by molar-refractivity contribution is 9.10. The van der Waals surface area contributed by atoms with Crippen LogP contribution in [0.3, 0.4) is 0 Å². The van der Waals surface area contributed by atoms with Crippen molar-refractivity contribution in [3.05, 3.63) is 40.9 Å². The Bertz CT molecular complexity index is 612. The third-order valence-corrected chi connectivity index (χ3v) is 3.60. The van der Waals surface area contributed by atoms with Crippen molar-refractivity contribution in [1.29, 1.82) is 0 Å². The molecule has 1 unspecified atom stereocenters. The second-order valence-corrected chi connectivity index (χ2v) is 5.66. The SMILES string of the molecule is CCOC(=O)C(C)CNc1ccc2cc(Br)ccc2c1. The van der Waals surface area contributed by atoms with Gasteiger partial charge in [0.15, 0.2) is 0 Å². The Labute approximate surface area is 127 Å². The van der Waals surface area contributed by atoms with Crippen LogP contribution in [0.2, 0.25) is 0 Å². The minimum atomic E-state index is -0.162. The number of carbonyl (C=O) groups is 1. The second kappa shape index (κ2) is 6.75. The Hall–Kier alpha value is -1.55. The number of fused-ring (bicyclic) bond motifs is 1. The fourth-order valence-electron chi connectivity index (χ4n) is 1.97. The van der Waals surface area contributed by atoms with Crippen LogP contribution in [-0.4, -0.2) is 19.1 Å². The average Bonchev–Trinajstić information content (AvgIpc) is 2.44. The lowest BCUT2D eigenvalue weighted by molar-refractivity contribution is -0.146. The number of halogens is 1. The molecule has 0 aliphatic carbocycles. The molecular weight excluding hydrogens is 318 g/mol. The predicted octanol–water partition coefficient (Wildman–Crippen LogP) is 4.21. The monoisotopic (exact) mass is 335 g/mol. The van der Waals surface area contributed by atoms with E-state index in [0.29, 0.717) is 13.2 Å². The summed E-state index contributed by atoms with van der Waals surface area (Å²) in [6.07, 6.45) is 0. The van der Waals surface area contributed by atoms with Crippen LogP contribution in [-0.2, 0) is 9.53 Å². The minimum Gasteiger partial charge on any atom is -0.466 e. The molecule has 4 heteroatoms. The standard InChI is InChI=1S/C16H18BrNO2/c1-3-20-16(19)11(2)10-18-15-7-5-12-8-14(17)6-4-13(12)9-15/h4-9,11,18H,3,10H2,1-2H3. The van der Waals surface area contributed by atoms with E-state index in [4.69, 9.17) is 4.74 Å². The summed E-state index contributed by atoms with van der Waals surface area (Å²) < 4.78 is 6.06. The van der Waals surface area contributed by atoms with E-state index in [1.54, 1.807) is 0 Å². The molecule has 0 spiro atoms. The first-order valence-electron chi connectivity index (χ1n) is 6.70. The molecule has 0 heterocycles. The van der Waals surface area contributed by atoms with E-state index in [0.717, 1.165) is 10.2 Å². The van der Waals surface area contributed by atoms with Gasteiger partial charge in [-0.05, 0) is 42.0 Å². The summed E-state index contributed by atoms with van der Waals surface area (Å²) in [4.78, 5) is 11.5. The first-order valence-corrected chi connectivity index (χ1v) is 7.49. The zero-order valence-electron chi connectivity index (χ0n) is 11.7. The van der Waals surface area contributed by atoms with Crippen molar-refractivity contribution in [2.24, 2.45) is 5.92 Å². The Balaban J connectivity index is 2.03. The van der Waals surface area contributed by atoms with Crippen LogP contribution in [0.1, 0.15) is 13.8 Å².